The quantitative estimate of drug-likeness (QED) is 0.674. The van der Waals surface area contributed by atoms with Gasteiger partial charge in [-0.3, -0.25) is 9.78 Å². The summed E-state index contributed by atoms with van der Waals surface area (Å²) in [5.41, 5.74) is 6.98. The highest BCUT2D eigenvalue weighted by Gasteiger charge is 2.20. The van der Waals surface area contributed by atoms with Gasteiger partial charge in [-0.05, 0) is 18.6 Å². The van der Waals surface area contributed by atoms with Gasteiger partial charge >= 0.3 is 0 Å². The van der Waals surface area contributed by atoms with Crippen molar-refractivity contribution in [1.29, 1.82) is 0 Å². The number of nitrogens with zero attached hydrogens (tertiary/aromatic N) is 1. The number of hydrogen-bond acceptors (Lipinski definition) is 4. The molecule has 0 bridgehead atoms. The molecule has 2 heterocycles. The van der Waals surface area contributed by atoms with Crippen LogP contribution in [0.2, 0.25) is 0 Å². The molecule has 17 heavy (non-hydrogen) atoms. The molecule has 1 aliphatic rings. The zero-order valence-corrected chi connectivity index (χ0v) is 10.1. The Kier molecular flexibility index (Phi) is 3.53. The minimum atomic E-state index is 0.109. The summed E-state index contributed by atoms with van der Waals surface area (Å²) in [5, 5.41) is 6.10. The third-order valence-corrected chi connectivity index (χ3v) is 2.86. The lowest BCUT2D eigenvalue weighted by Gasteiger charge is -2.14. The number of anilines is 1. The summed E-state index contributed by atoms with van der Waals surface area (Å²) in [5.74, 6) is 0.109. The topological polar surface area (TPSA) is 80.0 Å². The van der Waals surface area contributed by atoms with Gasteiger partial charge in [-0.1, -0.05) is 12.2 Å². The second-order valence-electron chi connectivity index (χ2n) is 3.95. The summed E-state index contributed by atoms with van der Waals surface area (Å²) in [6.07, 6.45) is 3.10. The molecule has 1 aliphatic heterocycles. The van der Waals surface area contributed by atoms with E-state index in [2.05, 4.69) is 15.6 Å². The van der Waals surface area contributed by atoms with Crippen LogP contribution in [0.3, 0.4) is 0 Å². The molecule has 90 valence electrons. The highest BCUT2D eigenvalue weighted by Crippen LogP contribution is 2.13. The van der Waals surface area contributed by atoms with Crippen LogP contribution in [-0.2, 0) is 4.79 Å². The number of thiocarbonyl (C=S) groups is 1. The third-order valence-electron chi connectivity index (χ3n) is 2.66. The van der Waals surface area contributed by atoms with Crippen LogP contribution in [0.5, 0.6) is 0 Å². The van der Waals surface area contributed by atoms with Crippen LogP contribution in [0.4, 0.5) is 5.69 Å². The standard InChI is InChI=1S/C11H14N4OS/c12-11(17)10-8(2-1-5-13-10)14-6-7-3-4-9(16)15-7/h1-2,5,7,14H,3-4,6H2,(H2,12,17)(H,15,16). The molecular weight excluding hydrogens is 236 g/mol. The molecule has 6 heteroatoms. The smallest absolute Gasteiger partial charge is 0.220 e. The Balaban J connectivity index is 1.99. The van der Waals surface area contributed by atoms with Gasteiger partial charge in [-0.15, -0.1) is 0 Å². The molecule has 4 N–H and O–H groups in total. The Bertz CT molecular complexity index is 449. The molecule has 1 saturated heterocycles. The van der Waals surface area contributed by atoms with Gasteiger partial charge in [0.1, 0.15) is 10.7 Å². The highest BCUT2D eigenvalue weighted by atomic mass is 32.1. The maximum Gasteiger partial charge on any atom is 0.220 e. The number of carbonyl (C=O) groups excluding carboxylic acids is 1. The van der Waals surface area contributed by atoms with E-state index in [1.807, 2.05) is 12.1 Å². The zero-order valence-electron chi connectivity index (χ0n) is 9.27. The van der Waals surface area contributed by atoms with Crippen LogP contribution < -0.4 is 16.4 Å². The monoisotopic (exact) mass is 250 g/mol. The first kappa shape index (κ1) is 11.8. The summed E-state index contributed by atoms with van der Waals surface area (Å²) < 4.78 is 0. The summed E-state index contributed by atoms with van der Waals surface area (Å²) in [6, 6.07) is 3.86. The second-order valence-corrected chi connectivity index (χ2v) is 4.39. The first-order valence-electron chi connectivity index (χ1n) is 5.45. The lowest BCUT2D eigenvalue weighted by molar-refractivity contribution is -0.119. The van der Waals surface area contributed by atoms with Crippen molar-refractivity contribution in [2.24, 2.45) is 5.73 Å². The summed E-state index contributed by atoms with van der Waals surface area (Å²) >= 11 is 4.92. The molecular formula is C11H14N4OS. The van der Waals surface area contributed by atoms with Crippen LogP contribution >= 0.6 is 12.2 Å². The third kappa shape index (κ3) is 2.91. The fraction of sp³-hybridized carbons (Fsp3) is 0.364. The maximum atomic E-state index is 11.0. The average molecular weight is 250 g/mol. The molecule has 5 nitrogen and oxygen atoms in total. The Morgan fingerprint density at radius 2 is 2.53 bits per heavy atom. The van der Waals surface area contributed by atoms with Crippen LogP contribution in [-0.4, -0.2) is 28.5 Å². The number of aromatic nitrogens is 1. The molecule has 0 spiro atoms. The molecule has 1 aromatic rings. The predicted molar refractivity (Wildman–Crippen MR) is 69.8 cm³/mol. The summed E-state index contributed by atoms with van der Waals surface area (Å²) in [6.45, 7) is 0.660. The van der Waals surface area contributed by atoms with E-state index in [9.17, 15) is 4.79 Å². The van der Waals surface area contributed by atoms with Gasteiger partial charge in [0.05, 0.1) is 5.69 Å². The number of carbonyl (C=O) groups is 1. The van der Waals surface area contributed by atoms with Crippen molar-refractivity contribution in [3.8, 4) is 0 Å². The van der Waals surface area contributed by atoms with Gasteiger partial charge in [-0.25, -0.2) is 0 Å². The average Bonchev–Trinajstić information content (AvgIpc) is 2.73. The number of nitrogens with one attached hydrogen (secondary N) is 2. The van der Waals surface area contributed by atoms with E-state index < -0.39 is 0 Å². The molecule has 0 aromatic carbocycles. The van der Waals surface area contributed by atoms with Gasteiger partial charge < -0.3 is 16.4 Å². The van der Waals surface area contributed by atoms with Gasteiger partial charge in [0.15, 0.2) is 0 Å². The van der Waals surface area contributed by atoms with Crippen LogP contribution in [0, 0.1) is 0 Å². The first-order chi connectivity index (χ1) is 8.16. The molecule has 1 unspecified atom stereocenters. The zero-order chi connectivity index (χ0) is 12.3. The van der Waals surface area contributed by atoms with Crippen molar-refractivity contribution in [2.75, 3.05) is 11.9 Å². The van der Waals surface area contributed by atoms with E-state index in [1.165, 1.54) is 0 Å². The lowest BCUT2D eigenvalue weighted by Crippen LogP contribution is -2.32. The van der Waals surface area contributed by atoms with E-state index >= 15 is 0 Å². The van der Waals surface area contributed by atoms with Gasteiger partial charge in [0.2, 0.25) is 5.91 Å². The number of rotatable bonds is 4. The molecule has 2 rings (SSSR count). The maximum absolute atomic E-state index is 11.0. The Labute approximate surface area is 105 Å². The first-order valence-corrected chi connectivity index (χ1v) is 5.85. The van der Waals surface area contributed by atoms with Gasteiger partial charge in [0, 0.05) is 25.2 Å². The molecule has 1 fully saturated rings. The molecule has 1 atom stereocenters. The van der Waals surface area contributed by atoms with E-state index in [-0.39, 0.29) is 16.9 Å². The van der Waals surface area contributed by atoms with Crippen molar-refractivity contribution in [2.45, 2.75) is 18.9 Å². The van der Waals surface area contributed by atoms with Crippen molar-refractivity contribution < 1.29 is 4.79 Å². The molecule has 0 radical (unpaired) electrons. The SMILES string of the molecule is NC(=S)c1ncccc1NCC1CCC(=O)N1. The number of amides is 1. The minimum Gasteiger partial charge on any atom is -0.388 e. The summed E-state index contributed by atoms with van der Waals surface area (Å²) in [7, 11) is 0. The van der Waals surface area contributed by atoms with Crippen LogP contribution in [0.25, 0.3) is 0 Å². The number of pyridine rings is 1. The normalized spacial score (nSPS) is 18.8. The summed E-state index contributed by atoms with van der Waals surface area (Å²) in [4.78, 5) is 15.4. The largest absolute Gasteiger partial charge is 0.388 e. The fourth-order valence-corrected chi connectivity index (χ4v) is 1.97. The van der Waals surface area contributed by atoms with Gasteiger partial charge in [-0.2, -0.15) is 0 Å². The lowest BCUT2D eigenvalue weighted by atomic mass is 10.2. The van der Waals surface area contributed by atoms with E-state index in [0.29, 0.717) is 18.7 Å². The van der Waals surface area contributed by atoms with Crippen LogP contribution in [0.15, 0.2) is 18.3 Å². The number of hydrogen-bond donors (Lipinski definition) is 3. The van der Waals surface area contributed by atoms with Crippen molar-refractivity contribution in [3.05, 3.63) is 24.0 Å². The second kappa shape index (κ2) is 5.09. The molecule has 1 amide bonds. The van der Waals surface area contributed by atoms with Crippen molar-refractivity contribution in [1.82, 2.24) is 10.3 Å². The highest BCUT2D eigenvalue weighted by molar-refractivity contribution is 7.80. The van der Waals surface area contributed by atoms with Gasteiger partial charge in [0.25, 0.3) is 0 Å². The molecule has 0 saturated carbocycles. The van der Waals surface area contributed by atoms with E-state index in [0.717, 1.165) is 12.1 Å². The predicted octanol–water partition coefficient (Wildman–Crippen LogP) is 0.406. The number of nitrogens with two attached hydrogens (primary N) is 1. The minimum absolute atomic E-state index is 0.109. The van der Waals surface area contributed by atoms with Crippen LogP contribution in [0.1, 0.15) is 18.5 Å². The van der Waals surface area contributed by atoms with E-state index in [4.69, 9.17) is 18.0 Å². The Morgan fingerprint density at radius 1 is 1.71 bits per heavy atom. The molecule has 0 aliphatic carbocycles. The van der Waals surface area contributed by atoms with E-state index in [1.54, 1.807) is 6.20 Å². The van der Waals surface area contributed by atoms with Crippen molar-refractivity contribution in [3.63, 3.8) is 0 Å². The fourth-order valence-electron chi connectivity index (χ4n) is 1.81. The Hall–Kier alpha value is -1.69. The molecule has 1 aromatic heterocycles. The Morgan fingerprint density at radius 3 is 3.18 bits per heavy atom. The van der Waals surface area contributed by atoms with Crippen molar-refractivity contribution >= 4 is 28.8 Å².